The molecule has 4 N–H and O–H groups in total. The van der Waals surface area contributed by atoms with Crippen LogP contribution in [0.2, 0.25) is 0 Å². The van der Waals surface area contributed by atoms with Crippen LogP contribution in [-0.4, -0.2) is 42.6 Å². The zero-order valence-electron chi connectivity index (χ0n) is 24.0. The molecule has 1 saturated heterocycles. The summed E-state index contributed by atoms with van der Waals surface area (Å²) in [4.78, 5) is 2.50. The lowest BCUT2D eigenvalue weighted by atomic mass is 9.89. The fourth-order valence-corrected chi connectivity index (χ4v) is 6.04. The third kappa shape index (κ3) is 7.27. The fraction of sp³-hybridized carbons (Fsp3) is 0.394. The molecule has 0 unspecified atom stereocenters. The molecule has 224 valence electrons. The molecule has 0 saturated carbocycles. The third-order valence-electron chi connectivity index (χ3n) is 8.14. The average molecular weight is 581 g/mol. The molecule has 1 aromatic heterocycles. The lowest BCUT2D eigenvalue weighted by Crippen LogP contribution is -2.33. The van der Waals surface area contributed by atoms with Crippen LogP contribution in [0.3, 0.4) is 0 Å². The Morgan fingerprint density at radius 1 is 0.905 bits per heavy atom. The molecule has 0 bridgehead atoms. The standard InChI is InChI=1S/C33H39F3N4O2/c1-41-27-5-2-4-25(17-27)21-39-14-10-23(11-15-39)16-24-6-9-32-30(18-24)31(22-40(32)13-3-12-37)29-8-7-28(19-26(29)20-38)42-33(34,35)36/h2,4-9,17-19,22-23H,3,10-16,20-21,37-38H2,1H3. The van der Waals surface area contributed by atoms with Crippen molar-refractivity contribution in [2.24, 2.45) is 17.4 Å². The number of fused-ring (bicyclic) bond motifs is 1. The molecule has 0 radical (unpaired) electrons. The molecule has 42 heavy (non-hydrogen) atoms. The van der Waals surface area contributed by atoms with Crippen LogP contribution in [0.15, 0.2) is 66.9 Å². The molecule has 1 aliphatic rings. The molecule has 0 spiro atoms. The summed E-state index contributed by atoms with van der Waals surface area (Å²) >= 11 is 0. The molecule has 0 aliphatic carbocycles. The molecule has 0 atom stereocenters. The normalized spacial score (nSPS) is 14.9. The highest BCUT2D eigenvalue weighted by Crippen LogP contribution is 2.37. The number of rotatable bonds is 11. The van der Waals surface area contributed by atoms with E-state index in [0.717, 1.165) is 79.6 Å². The van der Waals surface area contributed by atoms with Gasteiger partial charge < -0.3 is 25.5 Å². The number of halogens is 3. The van der Waals surface area contributed by atoms with Gasteiger partial charge in [-0.2, -0.15) is 0 Å². The van der Waals surface area contributed by atoms with E-state index in [4.69, 9.17) is 16.2 Å². The summed E-state index contributed by atoms with van der Waals surface area (Å²) in [7, 11) is 1.69. The van der Waals surface area contributed by atoms with E-state index in [-0.39, 0.29) is 12.3 Å². The van der Waals surface area contributed by atoms with Gasteiger partial charge >= 0.3 is 6.36 Å². The van der Waals surface area contributed by atoms with Gasteiger partial charge in [0.1, 0.15) is 11.5 Å². The van der Waals surface area contributed by atoms with Gasteiger partial charge in [0.05, 0.1) is 7.11 Å². The Bertz CT molecular complexity index is 1490. The molecular formula is C33H39F3N4O2. The van der Waals surface area contributed by atoms with Crippen molar-refractivity contribution in [1.29, 1.82) is 0 Å². The number of nitrogens with two attached hydrogens (primary N) is 2. The molecule has 9 heteroatoms. The van der Waals surface area contributed by atoms with E-state index in [1.54, 1.807) is 13.2 Å². The highest BCUT2D eigenvalue weighted by Gasteiger charge is 2.31. The topological polar surface area (TPSA) is 78.7 Å². The molecule has 1 fully saturated rings. The number of hydrogen-bond acceptors (Lipinski definition) is 5. The number of ether oxygens (including phenoxy) is 2. The van der Waals surface area contributed by atoms with Crippen molar-refractivity contribution < 1.29 is 22.6 Å². The zero-order valence-corrected chi connectivity index (χ0v) is 24.0. The van der Waals surface area contributed by atoms with Crippen LogP contribution in [0.1, 0.15) is 36.0 Å². The summed E-state index contributed by atoms with van der Waals surface area (Å²) in [6.07, 6.45) is 1.38. The number of alkyl halides is 3. The largest absolute Gasteiger partial charge is 0.573 e. The number of aryl methyl sites for hydroxylation is 1. The van der Waals surface area contributed by atoms with Crippen molar-refractivity contribution in [3.8, 4) is 22.6 Å². The smallest absolute Gasteiger partial charge is 0.497 e. The predicted octanol–water partition coefficient (Wildman–Crippen LogP) is 6.48. The summed E-state index contributed by atoms with van der Waals surface area (Å²) in [6.45, 7) is 4.44. The molecule has 5 rings (SSSR count). The van der Waals surface area contributed by atoms with Gasteiger partial charge in [0.15, 0.2) is 0 Å². The van der Waals surface area contributed by atoms with Crippen molar-refractivity contribution >= 4 is 10.9 Å². The molecule has 6 nitrogen and oxygen atoms in total. The first-order valence-electron chi connectivity index (χ1n) is 14.5. The second kappa shape index (κ2) is 13.2. The lowest BCUT2D eigenvalue weighted by Gasteiger charge is -2.32. The van der Waals surface area contributed by atoms with Gasteiger partial charge in [-0.15, -0.1) is 13.2 Å². The second-order valence-corrected chi connectivity index (χ2v) is 11.1. The van der Waals surface area contributed by atoms with Crippen molar-refractivity contribution in [2.75, 3.05) is 26.7 Å². The van der Waals surface area contributed by atoms with Gasteiger partial charge in [-0.05, 0) is 110 Å². The van der Waals surface area contributed by atoms with E-state index in [2.05, 4.69) is 50.7 Å². The lowest BCUT2D eigenvalue weighted by molar-refractivity contribution is -0.274. The fourth-order valence-electron chi connectivity index (χ4n) is 6.04. The summed E-state index contributed by atoms with van der Waals surface area (Å²) in [5.74, 6) is 1.21. The number of benzene rings is 3. The number of piperidine rings is 1. The highest BCUT2D eigenvalue weighted by molar-refractivity contribution is 5.97. The third-order valence-corrected chi connectivity index (χ3v) is 8.14. The van der Waals surface area contributed by atoms with Crippen LogP contribution in [-0.2, 0) is 26.1 Å². The summed E-state index contributed by atoms with van der Waals surface area (Å²) in [5.41, 5.74) is 17.8. The maximum atomic E-state index is 12.8. The van der Waals surface area contributed by atoms with E-state index in [1.807, 2.05) is 12.1 Å². The predicted molar refractivity (Wildman–Crippen MR) is 160 cm³/mol. The van der Waals surface area contributed by atoms with Crippen LogP contribution in [0.4, 0.5) is 13.2 Å². The van der Waals surface area contributed by atoms with Crippen molar-refractivity contribution in [3.05, 3.63) is 83.6 Å². The maximum absolute atomic E-state index is 12.8. The van der Waals surface area contributed by atoms with Crippen molar-refractivity contribution in [3.63, 3.8) is 0 Å². The average Bonchev–Trinajstić information content (AvgIpc) is 3.33. The molecule has 4 aromatic rings. The Labute approximate surface area is 245 Å². The Balaban J connectivity index is 1.35. The van der Waals surface area contributed by atoms with Gasteiger partial charge in [0, 0.05) is 42.3 Å². The number of likely N-dealkylation sites (tertiary alicyclic amines) is 1. The summed E-state index contributed by atoms with van der Waals surface area (Å²) in [6, 6.07) is 19.3. The number of methoxy groups -OCH3 is 1. The van der Waals surface area contributed by atoms with E-state index < -0.39 is 6.36 Å². The second-order valence-electron chi connectivity index (χ2n) is 11.1. The minimum Gasteiger partial charge on any atom is -0.497 e. The van der Waals surface area contributed by atoms with Crippen LogP contribution in [0.5, 0.6) is 11.5 Å². The van der Waals surface area contributed by atoms with Gasteiger partial charge in [-0.25, -0.2) is 0 Å². The Morgan fingerprint density at radius 3 is 2.43 bits per heavy atom. The van der Waals surface area contributed by atoms with Crippen LogP contribution in [0, 0.1) is 5.92 Å². The first-order valence-corrected chi connectivity index (χ1v) is 14.5. The Kier molecular flexibility index (Phi) is 9.40. The SMILES string of the molecule is COc1cccc(CN2CCC(Cc3ccc4c(c3)c(-c3ccc(OC(F)(F)F)cc3CN)cn4CCCN)CC2)c1. The number of hydrogen-bond donors (Lipinski definition) is 2. The molecular weight excluding hydrogens is 541 g/mol. The van der Waals surface area contributed by atoms with E-state index >= 15 is 0 Å². The molecule has 1 aliphatic heterocycles. The minimum atomic E-state index is -4.76. The van der Waals surface area contributed by atoms with Gasteiger partial charge in [-0.1, -0.05) is 24.3 Å². The monoisotopic (exact) mass is 580 g/mol. The van der Waals surface area contributed by atoms with Crippen LogP contribution in [0.25, 0.3) is 22.0 Å². The van der Waals surface area contributed by atoms with Gasteiger partial charge in [-0.3, -0.25) is 4.90 Å². The Morgan fingerprint density at radius 2 is 1.71 bits per heavy atom. The van der Waals surface area contributed by atoms with E-state index in [9.17, 15) is 13.2 Å². The minimum absolute atomic E-state index is 0.0912. The first-order chi connectivity index (χ1) is 20.3. The quantitative estimate of drug-likeness (QED) is 0.212. The number of nitrogens with zero attached hydrogens (tertiary/aromatic N) is 2. The summed E-state index contributed by atoms with van der Waals surface area (Å²) in [5, 5.41) is 1.07. The first kappa shape index (κ1) is 29.9. The van der Waals surface area contributed by atoms with E-state index in [0.29, 0.717) is 18.0 Å². The van der Waals surface area contributed by atoms with Crippen molar-refractivity contribution in [2.45, 2.75) is 51.7 Å². The van der Waals surface area contributed by atoms with Crippen molar-refractivity contribution in [1.82, 2.24) is 9.47 Å². The van der Waals surface area contributed by atoms with Crippen LogP contribution < -0.4 is 20.9 Å². The molecule has 0 amide bonds. The number of aromatic nitrogens is 1. The van der Waals surface area contributed by atoms with Gasteiger partial charge in [0.2, 0.25) is 0 Å². The zero-order chi connectivity index (χ0) is 29.7. The van der Waals surface area contributed by atoms with E-state index in [1.165, 1.54) is 23.3 Å². The molecule has 3 aromatic carbocycles. The Hall–Kier alpha value is -3.53. The maximum Gasteiger partial charge on any atom is 0.573 e. The highest BCUT2D eigenvalue weighted by atomic mass is 19.4. The molecule has 2 heterocycles. The van der Waals surface area contributed by atoms with Crippen LogP contribution >= 0.6 is 0 Å². The summed E-state index contributed by atoms with van der Waals surface area (Å²) < 4.78 is 50.2. The van der Waals surface area contributed by atoms with Gasteiger partial charge in [0.25, 0.3) is 0 Å².